The highest BCUT2D eigenvalue weighted by molar-refractivity contribution is 5.77. The minimum absolute atomic E-state index is 0.00653. The minimum atomic E-state index is -0.671. The summed E-state index contributed by atoms with van der Waals surface area (Å²) < 4.78 is 1.27. The van der Waals surface area contributed by atoms with Gasteiger partial charge in [-0.15, -0.1) is 0 Å². The first-order valence-corrected chi connectivity index (χ1v) is 6.10. The Morgan fingerprint density at radius 2 is 2.22 bits per heavy atom. The summed E-state index contributed by atoms with van der Waals surface area (Å²) in [6, 6.07) is 1.62. The third kappa shape index (κ3) is 1.92. The number of β-amino-alcohol motifs (C(OH)–C–C–N with tert-alkyl or cyclic N) is 1. The fourth-order valence-corrected chi connectivity index (χ4v) is 2.42. The Morgan fingerprint density at radius 3 is 2.83 bits per heavy atom. The molecule has 6 nitrogen and oxygen atoms in total. The first-order chi connectivity index (χ1) is 8.58. The lowest BCUT2D eigenvalue weighted by Crippen LogP contribution is -2.65. The second-order valence-electron chi connectivity index (χ2n) is 5.16. The zero-order chi connectivity index (χ0) is 12.8. The van der Waals surface area contributed by atoms with Crippen LogP contribution in [0.5, 0.6) is 0 Å². The number of nitrogens with zero attached hydrogens (tertiary/aromatic N) is 3. The number of likely N-dealkylation sites (tertiary alicyclic amines) is 1. The molecule has 1 amide bonds. The van der Waals surface area contributed by atoms with Crippen LogP contribution in [0.2, 0.25) is 0 Å². The standard InChI is InChI=1S/C12H15N3O3/c16-10(6-14-5-1-4-13-11(14)17)15-7-12(18,8-15)9-2-3-9/h1,4-5,9,18H,2-3,6-8H2. The van der Waals surface area contributed by atoms with E-state index in [1.165, 1.54) is 10.8 Å². The number of aromatic nitrogens is 2. The van der Waals surface area contributed by atoms with Gasteiger partial charge in [-0.1, -0.05) is 0 Å². The number of aliphatic hydroxyl groups is 1. The molecule has 2 aliphatic rings. The molecule has 3 rings (SSSR count). The zero-order valence-electron chi connectivity index (χ0n) is 9.95. The fraction of sp³-hybridized carbons (Fsp3) is 0.583. The topological polar surface area (TPSA) is 75.4 Å². The molecule has 0 bridgehead atoms. The molecule has 1 saturated heterocycles. The maximum Gasteiger partial charge on any atom is 0.347 e. The van der Waals surface area contributed by atoms with Crippen LogP contribution in [0.15, 0.2) is 23.3 Å². The summed E-state index contributed by atoms with van der Waals surface area (Å²) in [7, 11) is 0. The number of rotatable bonds is 3. The molecule has 1 aromatic rings. The van der Waals surface area contributed by atoms with Crippen molar-refractivity contribution in [3.63, 3.8) is 0 Å². The zero-order valence-corrected chi connectivity index (χ0v) is 9.95. The van der Waals surface area contributed by atoms with Gasteiger partial charge in [0.2, 0.25) is 5.91 Å². The van der Waals surface area contributed by atoms with Crippen LogP contribution >= 0.6 is 0 Å². The molecule has 0 aromatic carbocycles. The quantitative estimate of drug-likeness (QED) is 0.763. The van der Waals surface area contributed by atoms with Gasteiger partial charge in [0, 0.05) is 12.4 Å². The lowest BCUT2D eigenvalue weighted by Gasteiger charge is -2.47. The van der Waals surface area contributed by atoms with E-state index in [-0.39, 0.29) is 12.5 Å². The van der Waals surface area contributed by atoms with Crippen molar-refractivity contribution in [2.45, 2.75) is 25.0 Å². The molecule has 6 heteroatoms. The monoisotopic (exact) mass is 249 g/mol. The number of amides is 1. The minimum Gasteiger partial charge on any atom is -0.386 e. The summed E-state index contributed by atoms with van der Waals surface area (Å²) in [4.78, 5) is 28.5. The number of hydrogen-bond donors (Lipinski definition) is 1. The van der Waals surface area contributed by atoms with Crippen molar-refractivity contribution in [3.05, 3.63) is 28.9 Å². The molecule has 18 heavy (non-hydrogen) atoms. The number of carbonyl (C=O) groups excluding carboxylic acids is 1. The average molecular weight is 249 g/mol. The van der Waals surface area contributed by atoms with Gasteiger partial charge in [0.1, 0.15) is 12.1 Å². The Bertz CT molecular complexity index is 529. The van der Waals surface area contributed by atoms with E-state index in [2.05, 4.69) is 4.98 Å². The Hall–Kier alpha value is -1.69. The second kappa shape index (κ2) is 3.91. The number of carbonyl (C=O) groups is 1. The molecular formula is C12H15N3O3. The summed E-state index contributed by atoms with van der Waals surface area (Å²) in [5.74, 6) is 0.220. The second-order valence-corrected chi connectivity index (χ2v) is 5.16. The maximum atomic E-state index is 11.9. The summed E-state index contributed by atoms with van der Waals surface area (Å²) in [6.45, 7) is 0.782. The van der Waals surface area contributed by atoms with Crippen LogP contribution in [0.1, 0.15) is 12.8 Å². The lowest BCUT2D eigenvalue weighted by molar-refractivity contribution is -0.159. The molecule has 2 heterocycles. The van der Waals surface area contributed by atoms with E-state index in [4.69, 9.17) is 0 Å². The summed E-state index contributed by atoms with van der Waals surface area (Å²) in [5.41, 5.74) is -1.10. The molecule has 0 spiro atoms. The largest absolute Gasteiger partial charge is 0.386 e. The van der Waals surface area contributed by atoms with E-state index >= 15 is 0 Å². The molecule has 0 unspecified atom stereocenters. The molecule has 1 aliphatic heterocycles. The fourth-order valence-electron chi connectivity index (χ4n) is 2.42. The first kappa shape index (κ1) is 11.4. The SMILES string of the molecule is O=C(Cn1cccnc1=O)N1CC(O)(C2CC2)C1. The van der Waals surface area contributed by atoms with Gasteiger partial charge >= 0.3 is 5.69 Å². The first-order valence-electron chi connectivity index (χ1n) is 6.10. The van der Waals surface area contributed by atoms with Gasteiger partial charge in [-0.3, -0.25) is 9.36 Å². The van der Waals surface area contributed by atoms with Gasteiger partial charge < -0.3 is 10.0 Å². The van der Waals surface area contributed by atoms with E-state index in [1.807, 2.05) is 0 Å². The highest BCUT2D eigenvalue weighted by Crippen LogP contribution is 2.44. The molecule has 1 saturated carbocycles. The van der Waals surface area contributed by atoms with E-state index in [0.717, 1.165) is 12.8 Å². The van der Waals surface area contributed by atoms with E-state index in [9.17, 15) is 14.7 Å². The highest BCUT2D eigenvalue weighted by atomic mass is 16.3. The Labute approximate surface area is 104 Å². The summed E-state index contributed by atoms with van der Waals surface area (Å²) >= 11 is 0. The van der Waals surface area contributed by atoms with Crippen LogP contribution in [-0.4, -0.2) is 44.2 Å². The maximum absolute atomic E-state index is 11.9. The molecule has 96 valence electrons. The molecule has 0 radical (unpaired) electrons. The van der Waals surface area contributed by atoms with Crippen LogP contribution in [0, 0.1) is 5.92 Å². The van der Waals surface area contributed by atoms with Gasteiger partial charge in [-0.25, -0.2) is 9.78 Å². The lowest BCUT2D eigenvalue weighted by atomic mass is 9.89. The molecule has 1 N–H and O–H groups in total. The molecule has 2 fully saturated rings. The Morgan fingerprint density at radius 1 is 1.50 bits per heavy atom. The highest BCUT2D eigenvalue weighted by Gasteiger charge is 2.53. The third-order valence-electron chi connectivity index (χ3n) is 3.71. The van der Waals surface area contributed by atoms with Gasteiger partial charge in [0.15, 0.2) is 0 Å². The van der Waals surface area contributed by atoms with Gasteiger partial charge in [0.05, 0.1) is 13.1 Å². The van der Waals surface area contributed by atoms with Gasteiger partial charge in [-0.2, -0.15) is 0 Å². The smallest absolute Gasteiger partial charge is 0.347 e. The molecule has 1 aliphatic carbocycles. The van der Waals surface area contributed by atoms with Crippen molar-refractivity contribution < 1.29 is 9.90 Å². The van der Waals surface area contributed by atoms with Crippen LogP contribution in [0.3, 0.4) is 0 Å². The van der Waals surface area contributed by atoms with Crippen LogP contribution in [0.25, 0.3) is 0 Å². The van der Waals surface area contributed by atoms with Crippen molar-refractivity contribution >= 4 is 5.91 Å². The Kier molecular flexibility index (Phi) is 2.48. The van der Waals surface area contributed by atoms with Crippen LogP contribution in [0.4, 0.5) is 0 Å². The third-order valence-corrected chi connectivity index (χ3v) is 3.71. The van der Waals surface area contributed by atoms with Crippen molar-refractivity contribution in [2.24, 2.45) is 5.92 Å². The van der Waals surface area contributed by atoms with E-state index in [1.54, 1.807) is 17.2 Å². The van der Waals surface area contributed by atoms with Crippen LogP contribution < -0.4 is 5.69 Å². The summed E-state index contributed by atoms with van der Waals surface area (Å²) in [6.07, 6.45) is 5.06. The average Bonchev–Trinajstić information content (AvgIpc) is 3.12. The van der Waals surface area contributed by atoms with E-state index in [0.29, 0.717) is 19.0 Å². The van der Waals surface area contributed by atoms with Crippen molar-refractivity contribution in [2.75, 3.05) is 13.1 Å². The molecule has 1 aromatic heterocycles. The van der Waals surface area contributed by atoms with Crippen molar-refractivity contribution in [3.8, 4) is 0 Å². The predicted octanol–water partition coefficient (Wildman–Crippen LogP) is -0.773. The molecule has 0 atom stereocenters. The van der Waals surface area contributed by atoms with Crippen molar-refractivity contribution in [1.82, 2.24) is 14.5 Å². The normalized spacial score (nSPS) is 21.5. The molecular weight excluding hydrogens is 234 g/mol. The van der Waals surface area contributed by atoms with Crippen LogP contribution in [-0.2, 0) is 11.3 Å². The number of hydrogen-bond acceptors (Lipinski definition) is 4. The van der Waals surface area contributed by atoms with Gasteiger partial charge in [0.25, 0.3) is 0 Å². The van der Waals surface area contributed by atoms with Crippen molar-refractivity contribution in [1.29, 1.82) is 0 Å². The Balaban J connectivity index is 1.60. The van der Waals surface area contributed by atoms with E-state index < -0.39 is 11.3 Å². The van der Waals surface area contributed by atoms with Gasteiger partial charge in [-0.05, 0) is 24.8 Å². The predicted molar refractivity (Wildman–Crippen MR) is 62.8 cm³/mol. The summed E-state index contributed by atoms with van der Waals surface area (Å²) in [5, 5.41) is 10.1.